The average Bonchev–Trinajstić information content (AvgIpc) is 3.20. The first-order valence-corrected chi connectivity index (χ1v) is 7.47. The van der Waals surface area contributed by atoms with E-state index in [4.69, 9.17) is 8.94 Å². The molecule has 114 valence electrons. The molecule has 1 aliphatic heterocycles. The highest BCUT2D eigenvalue weighted by Crippen LogP contribution is 2.20. The summed E-state index contributed by atoms with van der Waals surface area (Å²) in [5.41, 5.74) is 0.584. The van der Waals surface area contributed by atoms with Crippen molar-refractivity contribution in [3.05, 3.63) is 46.5 Å². The molecule has 0 saturated carbocycles. The number of aromatic nitrogens is 4. The second kappa shape index (κ2) is 5.32. The van der Waals surface area contributed by atoms with Gasteiger partial charge in [-0.3, -0.25) is 4.57 Å². The SMILES string of the molecule is O=c1n(Cc2cc(-c3ccco3)on2)nc2n1CCCCC2. The van der Waals surface area contributed by atoms with Gasteiger partial charge in [-0.2, -0.15) is 5.10 Å². The monoisotopic (exact) mass is 300 g/mol. The van der Waals surface area contributed by atoms with Gasteiger partial charge in [-0.1, -0.05) is 11.6 Å². The molecule has 0 N–H and O–H groups in total. The molecule has 22 heavy (non-hydrogen) atoms. The zero-order valence-electron chi connectivity index (χ0n) is 12.1. The average molecular weight is 300 g/mol. The van der Waals surface area contributed by atoms with E-state index in [-0.39, 0.29) is 5.69 Å². The molecule has 0 fully saturated rings. The lowest BCUT2D eigenvalue weighted by molar-refractivity contribution is 0.406. The lowest BCUT2D eigenvalue weighted by Crippen LogP contribution is -2.25. The number of nitrogens with zero attached hydrogens (tertiary/aromatic N) is 4. The number of fused-ring (bicyclic) bond motifs is 1. The largest absolute Gasteiger partial charge is 0.461 e. The third-order valence-electron chi connectivity index (χ3n) is 3.92. The fraction of sp³-hybridized carbons (Fsp3) is 0.400. The topological polar surface area (TPSA) is 79.0 Å². The lowest BCUT2D eigenvalue weighted by Gasteiger charge is -1.97. The third-order valence-corrected chi connectivity index (χ3v) is 3.92. The van der Waals surface area contributed by atoms with Gasteiger partial charge in [0.2, 0.25) is 5.76 Å². The molecule has 3 aromatic heterocycles. The Balaban J connectivity index is 1.60. The minimum Gasteiger partial charge on any atom is -0.461 e. The highest BCUT2D eigenvalue weighted by atomic mass is 16.5. The van der Waals surface area contributed by atoms with E-state index in [1.807, 2.05) is 0 Å². The molecule has 4 heterocycles. The van der Waals surface area contributed by atoms with Crippen molar-refractivity contribution in [2.75, 3.05) is 0 Å². The van der Waals surface area contributed by atoms with Gasteiger partial charge in [0.1, 0.15) is 11.5 Å². The normalized spacial score (nSPS) is 14.7. The zero-order chi connectivity index (χ0) is 14.9. The van der Waals surface area contributed by atoms with Crippen LogP contribution in [0.15, 0.2) is 38.2 Å². The molecule has 4 rings (SSSR count). The van der Waals surface area contributed by atoms with Crippen LogP contribution in [0.5, 0.6) is 0 Å². The highest BCUT2D eigenvalue weighted by Gasteiger charge is 2.17. The van der Waals surface area contributed by atoms with Crippen LogP contribution < -0.4 is 5.69 Å². The molecule has 3 aromatic rings. The van der Waals surface area contributed by atoms with Gasteiger partial charge in [-0.05, 0) is 25.0 Å². The molecular weight excluding hydrogens is 284 g/mol. The summed E-state index contributed by atoms with van der Waals surface area (Å²) < 4.78 is 13.8. The van der Waals surface area contributed by atoms with Gasteiger partial charge in [0.05, 0.1) is 12.8 Å². The Morgan fingerprint density at radius 2 is 2.18 bits per heavy atom. The second-order valence-corrected chi connectivity index (χ2v) is 5.48. The summed E-state index contributed by atoms with van der Waals surface area (Å²) in [4.78, 5) is 12.4. The lowest BCUT2D eigenvalue weighted by atomic mass is 10.2. The maximum absolute atomic E-state index is 12.4. The van der Waals surface area contributed by atoms with Gasteiger partial charge in [-0.15, -0.1) is 0 Å². The maximum Gasteiger partial charge on any atom is 0.346 e. The Hall–Kier alpha value is -2.57. The van der Waals surface area contributed by atoms with Crippen molar-refractivity contribution in [3.63, 3.8) is 0 Å². The molecule has 1 aliphatic rings. The Morgan fingerprint density at radius 1 is 1.23 bits per heavy atom. The summed E-state index contributed by atoms with van der Waals surface area (Å²) in [6.07, 6.45) is 5.71. The van der Waals surface area contributed by atoms with Crippen molar-refractivity contribution < 1.29 is 8.94 Å². The van der Waals surface area contributed by atoms with Gasteiger partial charge in [0.15, 0.2) is 5.76 Å². The molecule has 0 spiro atoms. The van der Waals surface area contributed by atoms with Crippen LogP contribution >= 0.6 is 0 Å². The molecule has 0 atom stereocenters. The van der Waals surface area contributed by atoms with Crippen molar-refractivity contribution in [2.45, 2.75) is 38.8 Å². The van der Waals surface area contributed by atoms with E-state index in [2.05, 4.69) is 10.3 Å². The van der Waals surface area contributed by atoms with Crippen molar-refractivity contribution in [1.82, 2.24) is 19.5 Å². The first-order valence-electron chi connectivity index (χ1n) is 7.47. The molecule has 7 nitrogen and oxygen atoms in total. The summed E-state index contributed by atoms with van der Waals surface area (Å²) in [6.45, 7) is 1.06. The van der Waals surface area contributed by atoms with Crippen LogP contribution in [0.3, 0.4) is 0 Å². The van der Waals surface area contributed by atoms with Crippen molar-refractivity contribution in [1.29, 1.82) is 0 Å². The summed E-state index contributed by atoms with van der Waals surface area (Å²) in [5.74, 6) is 2.04. The number of rotatable bonds is 3. The molecule has 0 aliphatic carbocycles. The standard InChI is InChI=1S/C15H16N4O3/c20-15-18-7-3-1-2-6-14(18)16-19(15)10-11-9-13(22-17-11)12-5-4-8-21-12/h4-5,8-9H,1-3,6-7,10H2. The molecular formula is C15H16N4O3. The summed E-state index contributed by atoms with van der Waals surface area (Å²) in [5, 5.41) is 8.43. The minimum atomic E-state index is -0.0700. The maximum atomic E-state index is 12.4. The molecule has 0 radical (unpaired) electrons. The van der Waals surface area contributed by atoms with Crippen LogP contribution in [0.1, 0.15) is 30.8 Å². The van der Waals surface area contributed by atoms with E-state index in [1.165, 1.54) is 4.68 Å². The van der Waals surface area contributed by atoms with E-state index in [1.54, 1.807) is 29.0 Å². The van der Waals surface area contributed by atoms with Gasteiger partial charge in [0.25, 0.3) is 0 Å². The molecule has 0 amide bonds. The molecule has 0 unspecified atom stereocenters. The van der Waals surface area contributed by atoms with Gasteiger partial charge >= 0.3 is 5.69 Å². The van der Waals surface area contributed by atoms with Gasteiger partial charge in [-0.25, -0.2) is 9.48 Å². The number of hydrogen-bond donors (Lipinski definition) is 0. The van der Waals surface area contributed by atoms with E-state index in [0.717, 1.165) is 38.1 Å². The van der Waals surface area contributed by atoms with Crippen LogP contribution in [-0.4, -0.2) is 19.5 Å². The van der Waals surface area contributed by atoms with Crippen LogP contribution in [-0.2, 0) is 19.5 Å². The Morgan fingerprint density at radius 3 is 3.05 bits per heavy atom. The van der Waals surface area contributed by atoms with Crippen molar-refractivity contribution in [2.24, 2.45) is 0 Å². The second-order valence-electron chi connectivity index (χ2n) is 5.48. The van der Waals surface area contributed by atoms with E-state index < -0.39 is 0 Å². The summed E-state index contributed by atoms with van der Waals surface area (Å²) in [7, 11) is 0. The number of aryl methyl sites for hydroxylation is 1. The van der Waals surface area contributed by atoms with Crippen LogP contribution in [0.2, 0.25) is 0 Å². The predicted molar refractivity (Wildman–Crippen MR) is 77.3 cm³/mol. The molecule has 0 bridgehead atoms. The summed E-state index contributed by atoms with van der Waals surface area (Å²) in [6, 6.07) is 5.36. The van der Waals surface area contributed by atoms with Crippen LogP contribution in [0.4, 0.5) is 0 Å². The van der Waals surface area contributed by atoms with Gasteiger partial charge in [0, 0.05) is 19.0 Å². The van der Waals surface area contributed by atoms with E-state index in [0.29, 0.717) is 23.8 Å². The van der Waals surface area contributed by atoms with Gasteiger partial charge < -0.3 is 8.94 Å². The van der Waals surface area contributed by atoms with Crippen LogP contribution in [0, 0.1) is 0 Å². The Bertz CT molecular complexity index is 825. The fourth-order valence-electron chi connectivity index (χ4n) is 2.80. The Labute approximate surface area is 126 Å². The van der Waals surface area contributed by atoms with Crippen molar-refractivity contribution >= 4 is 0 Å². The highest BCUT2D eigenvalue weighted by molar-refractivity contribution is 5.49. The molecule has 0 saturated heterocycles. The van der Waals surface area contributed by atoms with E-state index >= 15 is 0 Å². The minimum absolute atomic E-state index is 0.0700. The first-order chi connectivity index (χ1) is 10.8. The van der Waals surface area contributed by atoms with Crippen LogP contribution in [0.25, 0.3) is 11.5 Å². The third kappa shape index (κ3) is 2.28. The smallest absolute Gasteiger partial charge is 0.346 e. The number of hydrogen-bond acceptors (Lipinski definition) is 5. The summed E-state index contributed by atoms with van der Waals surface area (Å²) >= 11 is 0. The first kappa shape index (κ1) is 13.1. The predicted octanol–water partition coefficient (Wildman–Crippen LogP) is 2.07. The van der Waals surface area contributed by atoms with E-state index in [9.17, 15) is 4.79 Å². The molecule has 0 aromatic carbocycles. The fourth-order valence-corrected chi connectivity index (χ4v) is 2.80. The number of furan rings is 1. The molecule has 7 heteroatoms. The van der Waals surface area contributed by atoms with Crippen molar-refractivity contribution in [3.8, 4) is 11.5 Å². The zero-order valence-corrected chi connectivity index (χ0v) is 12.1. The quantitative estimate of drug-likeness (QED) is 0.740. The Kier molecular flexibility index (Phi) is 3.17.